The molecule has 1 aromatic heterocycles. The minimum absolute atomic E-state index is 0.0156. The molecule has 0 aliphatic carbocycles. The zero-order chi connectivity index (χ0) is 24.8. The van der Waals surface area contributed by atoms with E-state index in [0.717, 1.165) is 19.6 Å². The lowest BCUT2D eigenvalue weighted by Gasteiger charge is -2.30. The number of aliphatic hydroxyl groups is 1. The van der Waals surface area contributed by atoms with Crippen molar-refractivity contribution in [1.29, 1.82) is 0 Å². The fraction of sp³-hybridized carbons (Fsp3) is 0.385. The predicted octanol–water partition coefficient (Wildman–Crippen LogP) is 3.15. The molecule has 1 N–H and O–H groups in total. The summed E-state index contributed by atoms with van der Waals surface area (Å²) < 4.78 is 21.8. The Morgan fingerprint density at radius 2 is 2.03 bits per heavy atom. The van der Waals surface area contributed by atoms with E-state index in [4.69, 9.17) is 18.6 Å². The van der Waals surface area contributed by atoms with Crippen LogP contribution in [0.1, 0.15) is 28.6 Å². The molecule has 1 unspecified atom stereocenters. The largest absolute Gasteiger partial charge is 0.503 e. The Bertz CT molecular complexity index is 1090. The zero-order valence-corrected chi connectivity index (χ0v) is 19.8. The van der Waals surface area contributed by atoms with Gasteiger partial charge in [0.1, 0.15) is 6.61 Å². The molecule has 2 aromatic rings. The van der Waals surface area contributed by atoms with Gasteiger partial charge in [-0.1, -0.05) is 18.7 Å². The summed E-state index contributed by atoms with van der Waals surface area (Å²) in [7, 11) is 1.52. The Kier molecular flexibility index (Phi) is 7.89. The van der Waals surface area contributed by atoms with E-state index in [1.54, 1.807) is 30.3 Å². The van der Waals surface area contributed by atoms with Gasteiger partial charge in [0.25, 0.3) is 5.91 Å². The third-order valence-corrected chi connectivity index (χ3v) is 6.13. The minimum Gasteiger partial charge on any atom is -0.503 e. The number of ketones is 1. The SMILES string of the molecule is C=CCOc1ccc(C2C(C(=O)c3ccco3)=C(O)C(=O)N2CCCN2CCOCC2)cc1OC. The number of carbonyl (C=O) groups excluding carboxylic acids is 2. The van der Waals surface area contributed by atoms with Gasteiger partial charge in [-0.05, 0) is 36.2 Å². The maximum atomic E-state index is 13.3. The minimum atomic E-state index is -0.799. The second-order valence-corrected chi connectivity index (χ2v) is 8.29. The van der Waals surface area contributed by atoms with Crippen molar-refractivity contribution in [2.75, 3.05) is 53.1 Å². The van der Waals surface area contributed by atoms with E-state index in [-0.39, 0.29) is 11.3 Å². The molecule has 1 atom stereocenters. The normalized spacial score (nSPS) is 18.7. The lowest BCUT2D eigenvalue weighted by Crippen LogP contribution is -2.39. The highest BCUT2D eigenvalue weighted by Crippen LogP contribution is 2.41. The number of hydrogen-bond donors (Lipinski definition) is 1. The molecule has 2 aliphatic rings. The Balaban J connectivity index is 1.64. The molecule has 9 nitrogen and oxygen atoms in total. The van der Waals surface area contributed by atoms with Gasteiger partial charge in [-0.25, -0.2) is 0 Å². The highest BCUT2D eigenvalue weighted by molar-refractivity contribution is 6.15. The molecule has 4 rings (SSSR count). The van der Waals surface area contributed by atoms with Gasteiger partial charge >= 0.3 is 0 Å². The summed E-state index contributed by atoms with van der Waals surface area (Å²) in [6.45, 7) is 8.15. The van der Waals surface area contributed by atoms with Crippen LogP contribution in [-0.2, 0) is 9.53 Å². The van der Waals surface area contributed by atoms with Gasteiger partial charge in [0.05, 0.1) is 38.2 Å². The van der Waals surface area contributed by atoms with Crippen LogP contribution in [-0.4, -0.2) is 79.7 Å². The second-order valence-electron chi connectivity index (χ2n) is 8.29. The molecule has 3 heterocycles. The van der Waals surface area contributed by atoms with Crippen LogP contribution in [0.25, 0.3) is 0 Å². The smallest absolute Gasteiger partial charge is 0.290 e. The van der Waals surface area contributed by atoms with Crippen LogP contribution in [0, 0.1) is 0 Å². The molecule has 1 fully saturated rings. The van der Waals surface area contributed by atoms with Crippen molar-refractivity contribution in [3.8, 4) is 11.5 Å². The Hall–Kier alpha value is -3.56. The molecule has 0 saturated carbocycles. The first-order chi connectivity index (χ1) is 17.0. The highest BCUT2D eigenvalue weighted by atomic mass is 16.5. The first-order valence-corrected chi connectivity index (χ1v) is 11.6. The fourth-order valence-electron chi connectivity index (χ4n) is 4.41. The number of ether oxygens (including phenoxy) is 3. The average molecular weight is 483 g/mol. The molecular formula is C26H30N2O7. The first kappa shape index (κ1) is 24.6. The molecule has 0 radical (unpaired) electrons. The van der Waals surface area contributed by atoms with Gasteiger partial charge in [-0.15, -0.1) is 0 Å². The van der Waals surface area contributed by atoms with Crippen LogP contribution in [0.3, 0.4) is 0 Å². The van der Waals surface area contributed by atoms with Gasteiger partial charge in [-0.2, -0.15) is 0 Å². The van der Waals surface area contributed by atoms with E-state index in [9.17, 15) is 14.7 Å². The van der Waals surface area contributed by atoms with Gasteiger partial charge in [0.2, 0.25) is 5.78 Å². The number of Topliss-reactive ketones (excluding diaryl/α,β-unsaturated/α-hetero) is 1. The van der Waals surface area contributed by atoms with Crippen LogP contribution >= 0.6 is 0 Å². The Morgan fingerprint density at radius 1 is 1.23 bits per heavy atom. The first-order valence-electron chi connectivity index (χ1n) is 11.6. The fourth-order valence-corrected chi connectivity index (χ4v) is 4.41. The lowest BCUT2D eigenvalue weighted by molar-refractivity contribution is -0.129. The third kappa shape index (κ3) is 5.26. The number of nitrogens with zero attached hydrogens (tertiary/aromatic N) is 2. The predicted molar refractivity (Wildman–Crippen MR) is 128 cm³/mol. The molecule has 1 amide bonds. The standard InChI is InChI=1S/C26H30N2O7/c1-3-13-34-19-8-7-18(17-21(19)32-2)23-22(24(29)20-6-4-14-35-20)25(30)26(31)28(23)10-5-9-27-11-15-33-16-12-27/h3-4,6-8,14,17,23,30H,1,5,9-13,15-16H2,2H3. The Morgan fingerprint density at radius 3 is 2.71 bits per heavy atom. The van der Waals surface area contributed by atoms with Crippen molar-refractivity contribution in [2.45, 2.75) is 12.5 Å². The molecule has 9 heteroatoms. The molecular weight excluding hydrogens is 452 g/mol. The van der Waals surface area contributed by atoms with Crippen LogP contribution in [0.2, 0.25) is 0 Å². The van der Waals surface area contributed by atoms with E-state index < -0.39 is 23.5 Å². The second kappa shape index (κ2) is 11.2. The number of furan rings is 1. The number of benzene rings is 1. The third-order valence-electron chi connectivity index (χ3n) is 6.13. The van der Waals surface area contributed by atoms with Crippen molar-refractivity contribution >= 4 is 11.7 Å². The number of amides is 1. The van der Waals surface area contributed by atoms with Gasteiger partial charge < -0.3 is 28.6 Å². The van der Waals surface area contributed by atoms with Gasteiger partial charge in [0, 0.05) is 26.2 Å². The molecule has 2 aliphatic heterocycles. The summed E-state index contributed by atoms with van der Waals surface area (Å²) in [5.41, 5.74) is 0.601. The maximum absolute atomic E-state index is 13.3. The molecule has 1 aromatic carbocycles. The van der Waals surface area contributed by atoms with E-state index >= 15 is 0 Å². The molecule has 35 heavy (non-hydrogen) atoms. The van der Waals surface area contributed by atoms with Gasteiger partial charge in [0.15, 0.2) is 23.0 Å². The average Bonchev–Trinajstić information content (AvgIpc) is 3.51. The number of methoxy groups -OCH3 is 1. The summed E-state index contributed by atoms with van der Waals surface area (Å²) in [5.74, 6) is -0.677. The highest BCUT2D eigenvalue weighted by Gasteiger charge is 2.44. The number of morpholine rings is 1. The number of rotatable bonds is 11. The maximum Gasteiger partial charge on any atom is 0.290 e. The van der Waals surface area contributed by atoms with Crippen molar-refractivity contribution in [3.63, 3.8) is 0 Å². The summed E-state index contributed by atoms with van der Waals surface area (Å²) in [6.07, 6.45) is 3.68. The number of aliphatic hydroxyl groups excluding tert-OH is 1. The summed E-state index contributed by atoms with van der Waals surface area (Å²) in [4.78, 5) is 30.3. The number of carbonyl (C=O) groups is 2. The van der Waals surface area contributed by atoms with Gasteiger partial charge in [-0.3, -0.25) is 14.5 Å². The molecule has 0 spiro atoms. The molecule has 1 saturated heterocycles. The van der Waals surface area contributed by atoms with Crippen molar-refractivity contribution < 1.29 is 33.3 Å². The van der Waals surface area contributed by atoms with E-state index in [1.165, 1.54) is 24.3 Å². The van der Waals surface area contributed by atoms with Crippen LogP contribution < -0.4 is 9.47 Å². The van der Waals surface area contributed by atoms with Crippen LogP contribution in [0.15, 0.2) is 65.0 Å². The zero-order valence-electron chi connectivity index (χ0n) is 19.8. The quantitative estimate of drug-likeness (QED) is 0.385. The van der Waals surface area contributed by atoms with E-state index in [1.807, 2.05) is 0 Å². The summed E-state index contributed by atoms with van der Waals surface area (Å²) >= 11 is 0. The Labute approximate surface area is 204 Å². The van der Waals surface area contributed by atoms with E-state index in [2.05, 4.69) is 11.5 Å². The summed E-state index contributed by atoms with van der Waals surface area (Å²) in [5, 5.41) is 10.8. The van der Waals surface area contributed by atoms with Crippen molar-refractivity contribution in [2.24, 2.45) is 0 Å². The van der Waals surface area contributed by atoms with Crippen LogP contribution in [0.5, 0.6) is 11.5 Å². The molecule has 0 bridgehead atoms. The summed E-state index contributed by atoms with van der Waals surface area (Å²) in [6, 6.07) is 7.51. The molecule has 186 valence electrons. The monoisotopic (exact) mass is 482 g/mol. The van der Waals surface area contributed by atoms with E-state index in [0.29, 0.717) is 49.8 Å². The topological polar surface area (TPSA) is 102 Å². The van der Waals surface area contributed by atoms with Crippen LogP contribution in [0.4, 0.5) is 0 Å². The number of hydrogen-bond acceptors (Lipinski definition) is 8. The lowest BCUT2D eigenvalue weighted by atomic mass is 9.94. The van der Waals surface area contributed by atoms with Crippen molar-refractivity contribution in [1.82, 2.24) is 9.80 Å². The van der Waals surface area contributed by atoms with Crippen molar-refractivity contribution in [3.05, 3.63) is 71.9 Å².